The summed E-state index contributed by atoms with van der Waals surface area (Å²) >= 11 is 12.2. The third-order valence-electron chi connectivity index (χ3n) is 6.31. The van der Waals surface area contributed by atoms with E-state index in [0.717, 1.165) is 32.9 Å². The van der Waals surface area contributed by atoms with E-state index in [-0.39, 0.29) is 18.4 Å². The molecule has 1 unspecified atom stereocenters. The van der Waals surface area contributed by atoms with Crippen LogP contribution in [0.15, 0.2) is 73.1 Å². The van der Waals surface area contributed by atoms with Gasteiger partial charge < -0.3 is 24.9 Å². The summed E-state index contributed by atoms with van der Waals surface area (Å²) in [5.41, 5.74) is 4.02. The van der Waals surface area contributed by atoms with Crippen molar-refractivity contribution in [3.63, 3.8) is 0 Å². The van der Waals surface area contributed by atoms with Crippen molar-refractivity contribution in [2.75, 3.05) is 19.0 Å². The molecule has 5 aromatic rings. The number of halogens is 2. The first kappa shape index (κ1) is 24.7. The lowest BCUT2D eigenvalue weighted by atomic mass is 9.89. The molecule has 5 rings (SSSR count). The Morgan fingerprint density at radius 1 is 0.973 bits per heavy atom. The van der Waals surface area contributed by atoms with Gasteiger partial charge in [0.15, 0.2) is 6.61 Å². The van der Waals surface area contributed by atoms with Crippen molar-refractivity contribution in [3.05, 3.63) is 94.2 Å². The van der Waals surface area contributed by atoms with Crippen molar-refractivity contribution in [2.45, 2.75) is 5.92 Å². The number of aromatic amines is 1. The number of anilines is 1. The van der Waals surface area contributed by atoms with E-state index in [4.69, 9.17) is 27.9 Å². The smallest absolute Gasteiger partial charge is 0.257 e. The minimum absolute atomic E-state index is 0.0801. The first-order valence-electron chi connectivity index (χ1n) is 11.6. The maximum atomic E-state index is 13.9. The van der Waals surface area contributed by atoms with Crippen LogP contribution in [0.5, 0.6) is 5.75 Å². The zero-order valence-corrected chi connectivity index (χ0v) is 21.7. The fourth-order valence-corrected chi connectivity index (χ4v) is 4.79. The number of benzene rings is 3. The zero-order chi connectivity index (χ0) is 26.1. The van der Waals surface area contributed by atoms with Gasteiger partial charge in [0.1, 0.15) is 5.75 Å². The first-order valence-corrected chi connectivity index (χ1v) is 12.3. The van der Waals surface area contributed by atoms with Gasteiger partial charge in [-0.25, -0.2) is 0 Å². The van der Waals surface area contributed by atoms with Gasteiger partial charge in [-0.2, -0.15) is 0 Å². The fourth-order valence-electron chi connectivity index (χ4n) is 4.49. The van der Waals surface area contributed by atoms with Crippen LogP contribution in [-0.4, -0.2) is 35.0 Å². The SMILES string of the molecule is CNC(=O)COc1ccc2c(C(C(=O)Nc3ccc(Cl)cc3)c3c[nH]c4cc(Cl)ccc34)cn(C)c2c1. The molecule has 0 fully saturated rings. The van der Waals surface area contributed by atoms with Crippen molar-refractivity contribution in [2.24, 2.45) is 7.05 Å². The molecule has 37 heavy (non-hydrogen) atoms. The van der Waals surface area contributed by atoms with Gasteiger partial charge in [-0.15, -0.1) is 0 Å². The lowest BCUT2D eigenvalue weighted by Gasteiger charge is -2.17. The fraction of sp³-hybridized carbons (Fsp3) is 0.143. The minimum atomic E-state index is -0.632. The predicted octanol–water partition coefficient (Wildman–Crippen LogP) is 5.86. The van der Waals surface area contributed by atoms with Gasteiger partial charge in [-0.3, -0.25) is 9.59 Å². The van der Waals surface area contributed by atoms with E-state index in [9.17, 15) is 9.59 Å². The van der Waals surface area contributed by atoms with Crippen LogP contribution in [0.4, 0.5) is 5.69 Å². The van der Waals surface area contributed by atoms with Gasteiger partial charge in [0.2, 0.25) is 5.91 Å². The Morgan fingerprint density at radius 3 is 2.46 bits per heavy atom. The number of likely N-dealkylation sites (N-methyl/N-ethyl adjacent to an activating group) is 1. The van der Waals surface area contributed by atoms with Crippen LogP contribution in [0.3, 0.4) is 0 Å². The van der Waals surface area contributed by atoms with E-state index in [1.165, 1.54) is 0 Å². The number of hydrogen-bond donors (Lipinski definition) is 3. The van der Waals surface area contributed by atoms with Crippen LogP contribution in [-0.2, 0) is 16.6 Å². The van der Waals surface area contributed by atoms with Gasteiger partial charge >= 0.3 is 0 Å². The summed E-state index contributed by atoms with van der Waals surface area (Å²) in [7, 11) is 3.48. The summed E-state index contributed by atoms with van der Waals surface area (Å²) in [5, 5.41) is 8.58. The number of aromatic nitrogens is 2. The predicted molar refractivity (Wildman–Crippen MR) is 148 cm³/mol. The number of fused-ring (bicyclic) bond motifs is 2. The zero-order valence-electron chi connectivity index (χ0n) is 20.1. The van der Waals surface area contributed by atoms with Crippen LogP contribution < -0.4 is 15.4 Å². The highest BCUT2D eigenvalue weighted by Crippen LogP contribution is 2.38. The highest BCUT2D eigenvalue weighted by molar-refractivity contribution is 6.31. The first-order chi connectivity index (χ1) is 17.8. The maximum absolute atomic E-state index is 13.9. The van der Waals surface area contributed by atoms with Crippen LogP contribution in [0.1, 0.15) is 17.0 Å². The molecule has 1 atom stereocenters. The standard InChI is InChI=1S/C28H24Cl2N4O3/c1-31-26(35)15-37-19-8-10-21-23(14-34(2)25(21)12-19)27(28(36)33-18-6-3-16(29)4-7-18)22-13-32-24-11-17(30)5-9-20(22)24/h3-14,27,32H,15H2,1-2H3,(H,31,35)(H,33,36). The largest absolute Gasteiger partial charge is 0.484 e. The second-order valence-corrected chi connectivity index (χ2v) is 9.57. The number of H-pyrrole nitrogens is 1. The quantitative estimate of drug-likeness (QED) is 0.244. The normalized spacial score (nSPS) is 12.0. The number of hydrogen-bond acceptors (Lipinski definition) is 3. The topological polar surface area (TPSA) is 88.2 Å². The van der Waals surface area contributed by atoms with Crippen LogP contribution in [0.25, 0.3) is 21.8 Å². The van der Waals surface area contributed by atoms with Gasteiger partial charge in [0.25, 0.3) is 5.91 Å². The number of rotatable bonds is 7. The van der Waals surface area contributed by atoms with E-state index < -0.39 is 5.92 Å². The molecule has 2 heterocycles. The lowest BCUT2D eigenvalue weighted by molar-refractivity contribution is -0.122. The molecule has 7 nitrogen and oxygen atoms in total. The average molecular weight is 535 g/mol. The third kappa shape index (κ3) is 5.01. The highest BCUT2D eigenvalue weighted by Gasteiger charge is 2.29. The molecule has 0 bridgehead atoms. The number of nitrogens with one attached hydrogen (secondary N) is 3. The Morgan fingerprint density at radius 2 is 1.70 bits per heavy atom. The minimum Gasteiger partial charge on any atom is -0.484 e. The molecule has 0 aliphatic carbocycles. The van der Waals surface area contributed by atoms with Crippen molar-refractivity contribution < 1.29 is 14.3 Å². The summed E-state index contributed by atoms with van der Waals surface area (Å²) in [6.07, 6.45) is 3.81. The average Bonchev–Trinajstić information content (AvgIpc) is 3.44. The molecular weight excluding hydrogens is 511 g/mol. The van der Waals surface area contributed by atoms with Crippen LogP contribution in [0, 0.1) is 0 Å². The molecule has 0 saturated heterocycles. The molecule has 0 aliphatic heterocycles. The van der Waals surface area contributed by atoms with Gasteiger partial charge in [-0.1, -0.05) is 29.3 Å². The van der Waals surface area contributed by atoms with E-state index >= 15 is 0 Å². The van der Waals surface area contributed by atoms with E-state index in [2.05, 4.69) is 15.6 Å². The van der Waals surface area contributed by atoms with Gasteiger partial charge in [0, 0.05) is 64.6 Å². The number of amides is 2. The molecule has 2 aromatic heterocycles. The number of carbonyl (C=O) groups is 2. The van der Waals surface area contributed by atoms with Crippen LogP contribution >= 0.6 is 23.2 Å². The van der Waals surface area contributed by atoms with E-state index in [0.29, 0.717) is 21.5 Å². The third-order valence-corrected chi connectivity index (χ3v) is 6.80. The molecule has 3 aromatic carbocycles. The monoisotopic (exact) mass is 534 g/mol. The van der Waals surface area contributed by atoms with E-state index in [1.54, 1.807) is 37.4 Å². The Bertz CT molecular complexity index is 1620. The molecule has 3 N–H and O–H groups in total. The Labute approximate surface area is 223 Å². The van der Waals surface area contributed by atoms with Crippen molar-refractivity contribution in [1.82, 2.24) is 14.9 Å². The summed E-state index contributed by atoms with van der Waals surface area (Å²) in [4.78, 5) is 28.7. The molecule has 2 amide bonds. The molecule has 0 aliphatic rings. The Balaban J connectivity index is 1.60. The molecular formula is C28H24Cl2N4O3. The van der Waals surface area contributed by atoms with Gasteiger partial charge in [0.05, 0.1) is 11.4 Å². The molecule has 0 spiro atoms. The maximum Gasteiger partial charge on any atom is 0.257 e. The molecule has 0 saturated carbocycles. The molecule has 188 valence electrons. The van der Waals surface area contributed by atoms with Crippen molar-refractivity contribution in [3.8, 4) is 5.75 Å². The Kier molecular flexibility index (Phi) is 6.82. The van der Waals surface area contributed by atoms with Crippen molar-refractivity contribution >= 4 is 62.5 Å². The summed E-state index contributed by atoms with van der Waals surface area (Å²) < 4.78 is 7.59. The summed E-state index contributed by atoms with van der Waals surface area (Å²) in [6, 6.07) is 18.2. The number of carbonyl (C=O) groups excluding carboxylic acids is 2. The molecule has 9 heteroatoms. The van der Waals surface area contributed by atoms with Crippen LogP contribution in [0.2, 0.25) is 10.0 Å². The Hall–Kier alpha value is -3.94. The summed E-state index contributed by atoms with van der Waals surface area (Å²) in [5.74, 6) is -0.476. The second kappa shape index (κ2) is 10.2. The van der Waals surface area contributed by atoms with Crippen molar-refractivity contribution in [1.29, 1.82) is 0 Å². The number of ether oxygens (including phenoxy) is 1. The second-order valence-electron chi connectivity index (χ2n) is 8.70. The van der Waals surface area contributed by atoms with E-state index in [1.807, 2.05) is 54.3 Å². The number of nitrogens with zero attached hydrogens (tertiary/aromatic N) is 1. The lowest BCUT2D eigenvalue weighted by Crippen LogP contribution is -2.24. The highest BCUT2D eigenvalue weighted by atomic mass is 35.5. The molecule has 0 radical (unpaired) electrons. The summed E-state index contributed by atoms with van der Waals surface area (Å²) in [6.45, 7) is -0.0801. The van der Waals surface area contributed by atoms with Gasteiger partial charge in [-0.05, 0) is 59.7 Å². The number of aryl methyl sites for hydroxylation is 1.